The number of nitrogens with zero attached hydrogens (tertiary/aromatic N) is 4. The van der Waals surface area contributed by atoms with E-state index in [0.29, 0.717) is 17.0 Å². The van der Waals surface area contributed by atoms with Gasteiger partial charge in [0.25, 0.3) is 0 Å². The zero-order valence-corrected chi connectivity index (χ0v) is 15.6. The summed E-state index contributed by atoms with van der Waals surface area (Å²) in [5, 5.41) is 14.3. The van der Waals surface area contributed by atoms with Crippen LogP contribution in [0.3, 0.4) is 0 Å². The molecule has 1 atom stereocenters. The predicted molar refractivity (Wildman–Crippen MR) is 93.4 cm³/mol. The van der Waals surface area contributed by atoms with Crippen molar-refractivity contribution in [2.75, 3.05) is 7.11 Å². The number of hydrogen-bond acceptors (Lipinski definition) is 6. The molecule has 1 aromatic heterocycles. The number of hydrogen-bond donors (Lipinski definition) is 1. The lowest BCUT2D eigenvalue weighted by Gasteiger charge is -2.32. The van der Waals surface area contributed by atoms with E-state index in [2.05, 4.69) is 20.8 Å². The van der Waals surface area contributed by atoms with Crippen molar-refractivity contribution in [3.05, 3.63) is 58.2 Å². The highest BCUT2D eigenvalue weighted by atomic mass is 19.4. The van der Waals surface area contributed by atoms with Gasteiger partial charge in [0, 0.05) is 29.9 Å². The van der Waals surface area contributed by atoms with Crippen LogP contribution in [-0.4, -0.2) is 33.3 Å². The lowest BCUT2D eigenvalue weighted by atomic mass is 9.78. The maximum Gasteiger partial charge on any atom is 0.416 e. The Hall–Kier alpha value is -3.17. The normalized spacial score (nSPS) is 17.6. The maximum absolute atomic E-state index is 13.7. The fourth-order valence-corrected chi connectivity index (χ4v) is 3.45. The van der Waals surface area contributed by atoms with Crippen molar-refractivity contribution in [3.63, 3.8) is 0 Å². The highest BCUT2D eigenvalue weighted by molar-refractivity contribution is 5.97. The molecule has 0 bridgehead atoms. The van der Waals surface area contributed by atoms with E-state index in [1.807, 2.05) is 0 Å². The molecule has 10 heteroatoms. The molecule has 2 heterocycles. The molecule has 0 aliphatic carbocycles. The first kappa shape index (κ1) is 19.6. The topological polar surface area (TPSA) is 81.9 Å². The van der Waals surface area contributed by atoms with E-state index in [-0.39, 0.29) is 17.0 Å². The van der Waals surface area contributed by atoms with Crippen LogP contribution in [0.2, 0.25) is 0 Å². The Labute approximate surface area is 158 Å². The molecule has 3 rings (SSSR count). The van der Waals surface area contributed by atoms with Gasteiger partial charge in [-0.05, 0) is 35.9 Å². The van der Waals surface area contributed by atoms with Crippen LogP contribution in [0.15, 0.2) is 41.2 Å². The van der Waals surface area contributed by atoms with Gasteiger partial charge in [0.05, 0.1) is 18.2 Å². The second-order valence-electron chi connectivity index (χ2n) is 6.34. The van der Waals surface area contributed by atoms with Crippen LogP contribution in [0.4, 0.5) is 13.2 Å². The number of methoxy groups -OCH3 is 1. The van der Waals surface area contributed by atoms with Crippen LogP contribution in [0.1, 0.15) is 36.7 Å². The van der Waals surface area contributed by atoms with Crippen molar-refractivity contribution < 1.29 is 22.7 Å². The quantitative estimate of drug-likeness (QED) is 0.808. The lowest BCUT2D eigenvalue weighted by molar-refractivity contribution is -0.139. The maximum atomic E-state index is 13.7. The van der Waals surface area contributed by atoms with Gasteiger partial charge in [-0.1, -0.05) is 18.2 Å². The van der Waals surface area contributed by atoms with E-state index in [9.17, 15) is 18.0 Å². The lowest BCUT2D eigenvalue weighted by Crippen LogP contribution is -2.30. The highest BCUT2D eigenvalue weighted by Gasteiger charge is 2.42. The van der Waals surface area contributed by atoms with Gasteiger partial charge in [0.2, 0.25) is 0 Å². The smallest absolute Gasteiger partial charge is 0.416 e. The van der Waals surface area contributed by atoms with E-state index in [4.69, 9.17) is 4.74 Å². The number of allylic oxidation sites excluding steroid dienone is 3. The number of aromatic nitrogens is 4. The van der Waals surface area contributed by atoms with Crippen molar-refractivity contribution in [1.29, 1.82) is 0 Å². The summed E-state index contributed by atoms with van der Waals surface area (Å²) in [6.45, 7) is 3.31. The first-order chi connectivity index (χ1) is 13.2. The Morgan fingerprint density at radius 3 is 2.46 bits per heavy atom. The number of halogens is 3. The molecular weight excluding hydrogens is 375 g/mol. The molecule has 7 nitrogen and oxygen atoms in total. The number of tetrazole rings is 1. The summed E-state index contributed by atoms with van der Waals surface area (Å²) in [4.78, 5) is 12.5. The van der Waals surface area contributed by atoms with Crippen molar-refractivity contribution in [3.8, 4) is 0 Å². The van der Waals surface area contributed by atoms with Crippen LogP contribution in [0.25, 0.3) is 5.57 Å². The summed E-state index contributed by atoms with van der Waals surface area (Å²) in [6, 6.07) is 5.15. The minimum atomic E-state index is -4.60. The van der Waals surface area contributed by atoms with Gasteiger partial charge >= 0.3 is 12.1 Å². The summed E-state index contributed by atoms with van der Waals surface area (Å²) >= 11 is 0. The zero-order chi connectivity index (χ0) is 20.6. The largest absolute Gasteiger partial charge is 0.466 e. The van der Waals surface area contributed by atoms with E-state index < -0.39 is 23.6 Å². The van der Waals surface area contributed by atoms with E-state index in [1.54, 1.807) is 20.9 Å². The van der Waals surface area contributed by atoms with Crippen molar-refractivity contribution >= 4 is 11.5 Å². The number of esters is 1. The molecule has 0 saturated carbocycles. The number of alkyl halides is 3. The van der Waals surface area contributed by atoms with Gasteiger partial charge in [0.15, 0.2) is 5.82 Å². The highest BCUT2D eigenvalue weighted by Crippen LogP contribution is 2.46. The Morgan fingerprint density at radius 2 is 1.89 bits per heavy atom. The van der Waals surface area contributed by atoms with Gasteiger partial charge in [-0.25, -0.2) is 9.48 Å². The molecule has 0 fully saturated rings. The van der Waals surface area contributed by atoms with Gasteiger partial charge in [0.1, 0.15) is 0 Å². The van der Waals surface area contributed by atoms with E-state index in [0.717, 1.165) is 6.07 Å². The zero-order valence-electron chi connectivity index (χ0n) is 15.6. The van der Waals surface area contributed by atoms with Crippen molar-refractivity contribution in [2.24, 2.45) is 7.05 Å². The van der Waals surface area contributed by atoms with Crippen molar-refractivity contribution in [2.45, 2.75) is 25.9 Å². The fourth-order valence-electron chi connectivity index (χ4n) is 3.45. The number of dihydropyridines is 1. The molecule has 0 radical (unpaired) electrons. The monoisotopic (exact) mass is 393 g/mol. The molecule has 1 aliphatic rings. The average molecular weight is 393 g/mol. The van der Waals surface area contributed by atoms with Gasteiger partial charge in [-0.2, -0.15) is 13.2 Å². The fraction of sp³-hybridized carbons (Fsp3) is 0.333. The summed E-state index contributed by atoms with van der Waals surface area (Å²) in [5.41, 5.74) is 0.485. The van der Waals surface area contributed by atoms with Crippen LogP contribution < -0.4 is 5.32 Å². The second kappa shape index (κ2) is 7.10. The Kier molecular flexibility index (Phi) is 4.97. The van der Waals surface area contributed by atoms with Gasteiger partial charge < -0.3 is 10.1 Å². The van der Waals surface area contributed by atoms with Crippen molar-refractivity contribution in [1.82, 2.24) is 25.5 Å². The number of rotatable bonds is 3. The molecule has 1 unspecified atom stereocenters. The molecule has 0 amide bonds. The first-order valence-corrected chi connectivity index (χ1v) is 8.32. The van der Waals surface area contributed by atoms with E-state index >= 15 is 0 Å². The molecule has 2 aromatic rings. The Bertz CT molecular complexity index is 991. The number of carbonyl (C=O) groups excluding carboxylic acids is 1. The van der Waals surface area contributed by atoms with Crippen LogP contribution in [-0.2, 0) is 22.8 Å². The first-order valence-electron chi connectivity index (χ1n) is 8.32. The summed E-state index contributed by atoms with van der Waals surface area (Å²) in [6.07, 6.45) is -4.60. The summed E-state index contributed by atoms with van der Waals surface area (Å²) < 4.78 is 47.5. The molecule has 0 saturated heterocycles. The predicted octanol–water partition coefficient (Wildman–Crippen LogP) is 2.79. The third kappa shape index (κ3) is 3.25. The summed E-state index contributed by atoms with van der Waals surface area (Å²) in [5.74, 6) is -1.54. The molecule has 28 heavy (non-hydrogen) atoms. The molecule has 148 valence electrons. The number of carbonyl (C=O) groups is 1. The molecule has 1 N–H and O–H groups in total. The Balaban J connectivity index is 2.35. The number of ether oxygens (including phenoxy) is 1. The third-order valence-corrected chi connectivity index (χ3v) is 4.60. The standard InChI is InChI=1S/C18H18F3N5O2/c1-9-13(16-23-24-25-26(16)3)15(14(10(2)22-9)17(27)28-4)11-7-5-6-8-12(11)18(19,20)21/h5-8,15,22H,1-4H3. The van der Waals surface area contributed by atoms with Crippen LogP contribution >= 0.6 is 0 Å². The molecule has 0 spiro atoms. The molecule has 1 aliphatic heterocycles. The SMILES string of the molecule is COC(=O)C1=C(C)NC(C)=C(c2nnnn2C)C1c1ccccc1C(F)(F)F. The number of aryl methyl sites for hydroxylation is 1. The summed E-state index contributed by atoms with van der Waals surface area (Å²) in [7, 11) is 2.76. The van der Waals surface area contributed by atoms with Crippen LogP contribution in [0, 0.1) is 0 Å². The molecular formula is C18H18F3N5O2. The second-order valence-corrected chi connectivity index (χ2v) is 6.34. The third-order valence-electron chi connectivity index (χ3n) is 4.60. The minimum absolute atomic E-state index is 0.0720. The van der Waals surface area contributed by atoms with Crippen LogP contribution in [0.5, 0.6) is 0 Å². The Morgan fingerprint density at radius 1 is 1.21 bits per heavy atom. The van der Waals surface area contributed by atoms with Gasteiger partial charge in [-0.3, -0.25) is 0 Å². The number of nitrogens with one attached hydrogen (secondary N) is 1. The van der Waals surface area contributed by atoms with E-state index in [1.165, 1.54) is 30.0 Å². The molecule has 1 aromatic carbocycles. The minimum Gasteiger partial charge on any atom is -0.466 e. The number of benzene rings is 1. The average Bonchev–Trinajstić information content (AvgIpc) is 3.05. The van der Waals surface area contributed by atoms with Gasteiger partial charge in [-0.15, -0.1) is 5.10 Å².